The fourth-order valence-corrected chi connectivity index (χ4v) is 1.99. The summed E-state index contributed by atoms with van der Waals surface area (Å²) in [4.78, 5) is 23.7. The molecule has 0 fully saturated rings. The summed E-state index contributed by atoms with van der Waals surface area (Å²) in [5.41, 5.74) is 6.69. The lowest BCUT2D eigenvalue weighted by Crippen LogP contribution is -2.48. The number of amides is 2. The van der Waals surface area contributed by atoms with Crippen LogP contribution in [0.5, 0.6) is 11.5 Å². The Bertz CT molecular complexity index is 778. The van der Waals surface area contributed by atoms with Crippen LogP contribution in [0.3, 0.4) is 0 Å². The maximum absolute atomic E-state index is 12.8. The van der Waals surface area contributed by atoms with Crippen molar-refractivity contribution in [3.05, 3.63) is 59.4 Å². The maximum Gasteiger partial charge on any atom is 0.279 e. The molecule has 0 spiro atoms. The van der Waals surface area contributed by atoms with Crippen LogP contribution in [0.1, 0.15) is 18.1 Å². The number of aryl methyl sites for hydroxylation is 2. The Balaban J connectivity index is 1.74. The number of hydrazine groups is 1. The van der Waals surface area contributed by atoms with E-state index in [2.05, 4.69) is 10.9 Å². The van der Waals surface area contributed by atoms with E-state index >= 15 is 0 Å². The molecule has 2 amide bonds. The van der Waals surface area contributed by atoms with Crippen LogP contribution in [0.2, 0.25) is 0 Å². The van der Waals surface area contributed by atoms with Gasteiger partial charge in [-0.2, -0.15) is 0 Å². The lowest BCUT2D eigenvalue weighted by Gasteiger charge is -2.15. The van der Waals surface area contributed by atoms with E-state index in [4.69, 9.17) is 9.47 Å². The molecule has 0 radical (unpaired) electrons. The van der Waals surface area contributed by atoms with E-state index < -0.39 is 23.7 Å². The predicted octanol–water partition coefficient (Wildman–Crippen LogP) is 2.44. The fourth-order valence-electron chi connectivity index (χ4n) is 1.99. The number of nitrogens with one attached hydrogen (secondary N) is 2. The third-order valence-corrected chi connectivity index (χ3v) is 3.67. The van der Waals surface area contributed by atoms with Crippen LogP contribution in [0.15, 0.2) is 42.5 Å². The van der Waals surface area contributed by atoms with Gasteiger partial charge in [-0.3, -0.25) is 20.4 Å². The highest BCUT2D eigenvalue weighted by Crippen LogP contribution is 2.16. The molecule has 26 heavy (non-hydrogen) atoms. The first-order valence-corrected chi connectivity index (χ1v) is 8.06. The van der Waals surface area contributed by atoms with Crippen molar-refractivity contribution in [1.29, 1.82) is 0 Å². The molecule has 0 saturated carbocycles. The van der Waals surface area contributed by atoms with Gasteiger partial charge in [0.15, 0.2) is 12.7 Å². The molecule has 0 aliphatic heterocycles. The third-order valence-electron chi connectivity index (χ3n) is 3.67. The molecule has 0 bridgehead atoms. The smallest absolute Gasteiger partial charge is 0.279 e. The lowest BCUT2D eigenvalue weighted by atomic mass is 10.1. The van der Waals surface area contributed by atoms with E-state index in [1.165, 1.54) is 31.2 Å². The van der Waals surface area contributed by atoms with Crippen LogP contribution < -0.4 is 20.3 Å². The number of hydrogen-bond acceptors (Lipinski definition) is 4. The van der Waals surface area contributed by atoms with E-state index in [-0.39, 0.29) is 6.61 Å². The fraction of sp³-hybridized carbons (Fsp3) is 0.263. The van der Waals surface area contributed by atoms with Crippen LogP contribution in [-0.4, -0.2) is 24.5 Å². The summed E-state index contributed by atoms with van der Waals surface area (Å²) in [7, 11) is 0. The minimum Gasteiger partial charge on any atom is -0.484 e. The van der Waals surface area contributed by atoms with Crippen LogP contribution in [0.25, 0.3) is 0 Å². The first-order valence-electron chi connectivity index (χ1n) is 8.06. The maximum atomic E-state index is 12.8. The standard InChI is InChI=1S/C19H21FN2O4/c1-12-4-7-17(10-13(12)2)25-11-18(23)21-22-19(24)14(3)26-16-8-5-15(20)6-9-16/h4-10,14H,11H2,1-3H3,(H,21,23)(H,22,24). The summed E-state index contributed by atoms with van der Waals surface area (Å²) in [6.07, 6.45) is -0.874. The van der Waals surface area contributed by atoms with Gasteiger partial charge >= 0.3 is 0 Å². The van der Waals surface area contributed by atoms with Crippen LogP contribution in [0.4, 0.5) is 4.39 Å². The zero-order chi connectivity index (χ0) is 19.1. The molecule has 1 unspecified atom stereocenters. The Morgan fingerprint density at radius 2 is 1.65 bits per heavy atom. The minimum atomic E-state index is -0.874. The Labute approximate surface area is 151 Å². The van der Waals surface area contributed by atoms with Gasteiger partial charge < -0.3 is 9.47 Å². The first-order chi connectivity index (χ1) is 12.3. The summed E-state index contributed by atoms with van der Waals surface area (Å²) in [5, 5.41) is 0. The van der Waals surface area contributed by atoms with E-state index in [0.29, 0.717) is 11.5 Å². The molecule has 0 aliphatic rings. The van der Waals surface area contributed by atoms with Crippen LogP contribution >= 0.6 is 0 Å². The van der Waals surface area contributed by atoms with E-state index in [9.17, 15) is 14.0 Å². The molecular weight excluding hydrogens is 339 g/mol. The highest BCUT2D eigenvalue weighted by molar-refractivity contribution is 5.85. The molecule has 138 valence electrons. The summed E-state index contributed by atoms with van der Waals surface area (Å²) in [6.45, 7) is 5.20. The molecule has 7 heteroatoms. The molecule has 0 heterocycles. The van der Waals surface area contributed by atoms with Crippen molar-refractivity contribution >= 4 is 11.8 Å². The number of hydrogen-bond donors (Lipinski definition) is 2. The van der Waals surface area contributed by atoms with Crippen molar-refractivity contribution in [3.63, 3.8) is 0 Å². The molecule has 2 aromatic carbocycles. The third kappa shape index (κ3) is 5.77. The van der Waals surface area contributed by atoms with Crippen molar-refractivity contribution in [2.75, 3.05) is 6.61 Å². The number of halogens is 1. The Morgan fingerprint density at radius 1 is 1.00 bits per heavy atom. The molecule has 1 atom stereocenters. The van der Waals surface area contributed by atoms with Gasteiger partial charge in [0, 0.05) is 0 Å². The molecule has 6 nitrogen and oxygen atoms in total. The van der Waals surface area contributed by atoms with Gasteiger partial charge in [0.25, 0.3) is 11.8 Å². The van der Waals surface area contributed by atoms with Crippen molar-refractivity contribution in [2.24, 2.45) is 0 Å². The van der Waals surface area contributed by atoms with Gasteiger partial charge in [-0.15, -0.1) is 0 Å². The monoisotopic (exact) mass is 360 g/mol. The van der Waals surface area contributed by atoms with Crippen molar-refractivity contribution < 1.29 is 23.5 Å². The van der Waals surface area contributed by atoms with Gasteiger partial charge in [-0.1, -0.05) is 6.07 Å². The summed E-state index contributed by atoms with van der Waals surface area (Å²) in [5.74, 6) is -0.536. The second-order valence-electron chi connectivity index (χ2n) is 5.79. The number of ether oxygens (including phenoxy) is 2. The quantitative estimate of drug-likeness (QED) is 0.776. The predicted molar refractivity (Wildman–Crippen MR) is 94.2 cm³/mol. The number of rotatable bonds is 6. The molecule has 0 saturated heterocycles. The zero-order valence-corrected chi connectivity index (χ0v) is 14.8. The van der Waals surface area contributed by atoms with Crippen LogP contribution in [-0.2, 0) is 9.59 Å². The molecule has 2 rings (SSSR count). The molecule has 0 aliphatic carbocycles. The van der Waals surface area contributed by atoms with Crippen molar-refractivity contribution in [2.45, 2.75) is 26.9 Å². The van der Waals surface area contributed by atoms with E-state index in [1.807, 2.05) is 26.0 Å². The van der Waals surface area contributed by atoms with Crippen molar-refractivity contribution in [1.82, 2.24) is 10.9 Å². The van der Waals surface area contributed by atoms with E-state index in [0.717, 1.165) is 11.1 Å². The van der Waals surface area contributed by atoms with Crippen molar-refractivity contribution in [3.8, 4) is 11.5 Å². The average Bonchev–Trinajstić information content (AvgIpc) is 2.62. The lowest BCUT2D eigenvalue weighted by molar-refractivity contribution is -0.133. The molecule has 0 aromatic heterocycles. The topological polar surface area (TPSA) is 76.7 Å². The second kappa shape index (κ2) is 8.84. The highest BCUT2D eigenvalue weighted by Gasteiger charge is 2.15. The van der Waals surface area contributed by atoms with E-state index in [1.54, 1.807) is 6.07 Å². The summed E-state index contributed by atoms with van der Waals surface area (Å²) < 4.78 is 23.6. The Hall–Kier alpha value is -3.09. The van der Waals surface area contributed by atoms with Crippen LogP contribution in [0, 0.1) is 19.7 Å². The summed E-state index contributed by atoms with van der Waals surface area (Å²) in [6, 6.07) is 10.8. The number of carbonyl (C=O) groups is 2. The number of benzene rings is 2. The second-order valence-corrected chi connectivity index (χ2v) is 5.79. The SMILES string of the molecule is Cc1ccc(OCC(=O)NNC(=O)C(C)Oc2ccc(F)cc2)cc1C. The Kier molecular flexibility index (Phi) is 6.54. The molecule has 2 aromatic rings. The molecule has 2 N–H and O–H groups in total. The molecular formula is C19H21FN2O4. The Morgan fingerprint density at radius 3 is 2.31 bits per heavy atom. The number of carbonyl (C=O) groups excluding carboxylic acids is 2. The van der Waals surface area contributed by atoms with Gasteiger partial charge in [-0.25, -0.2) is 4.39 Å². The van der Waals surface area contributed by atoms with Gasteiger partial charge in [0.05, 0.1) is 0 Å². The largest absolute Gasteiger partial charge is 0.484 e. The minimum absolute atomic E-state index is 0.240. The first kappa shape index (κ1) is 19.2. The average molecular weight is 360 g/mol. The normalized spacial score (nSPS) is 11.4. The van der Waals surface area contributed by atoms with Gasteiger partial charge in [0.1, 0.15) is 17.3 Å². The highest BCUT2D eigenvalue weighted by atomic mass is 19.1. The van der Waals surface area contributed by atoms with Gasteiger partial charge in [0.2, 0.25) is 0 Å². The van der Waals surface area contributed by atoms with Gasteiger partial charge in [-0.05, 0) is 68.3 Å². The zero-order valence-electron chi connectivity index (χ0n) is 14.8. The summed E-state index contributed by atoms with van der Waals surface area (Å²) >= 11 is 0.